The molecule has 27 heavy (non-hydrogen) atoms. The molecule has 0 spiro atoms. The number of nitrogens with zero attached hydrogens (tertiary/aromatic N) is 1. The predicted octanol–water partition coefficient (Wildman–Crippen LogP) is 3.71. The molecule has 3 atom stereocenters. The monoisotopic (exact) mass is 415 g/mol. The smallest absolute Gasteiger partial charge is 0.242 e. The summed E-state index contributed by atoms with van der Waals surface area (Å²) in [4.78, 5) is 14.3. The number of piperidine rings is 1. The Morgan fingerprint density at radius 3 is 2.63 bits per heavy atom. The fourth-order valence-corrected chi connectivity index (χ4v) is 4.77. The number of alkyl halides is 1. The number of carbonyl (C=O) groups excluding carboxylic acids is 1. The molecule has 6 nitrogen and oxygen atoms in total. The van der Waals surface area contributed by atoms with Crippen LogP contribution in [0.2, 0.25) is 0 Å². The number of anilines is 2. The first-order chi connectivity index (χ1) is 12.7. The van der Waals surface area contributed by atoms with Crippen molar-refractivity contribution in [3.8, 4) is 0 Å². The van der Waals surface area contributed by atoms with Crippen molar-refractivity contribution in [2.75, 3.05) is 16.8 Å². The van der Waals surface area contributed by atoms with Crippen molar-refractivity contribution in [1.82, 2.24) is 4.72 Å². The molecule has 1 saturated heterocycles. The Labute approximate surface area is 167 Å². The van der Waals surface area contributed by atoms with E-state index < -0.39 is 15.4 Å². The maximum atomic E-state index is 13.1. The number of nitrogens with one attached hydrogen (secondary N) is 2. The lowest BCUT2D eigenvalue weighted by Gasteiger charge is -2.36. The van der Waals surface area contributed by atoms with Gasteiger partial charge in [-0.25, -0.2) is 13.1 Å². The molecule has 1 fully saturated rings. The summed E-state index contributed by atoms with van der Waals surface area (Å²) in [6.07, 6.45) is 3.90. The fourth-order valence-electron chi connectivity index (χ4n) is 3.15. The zero-order valence-electron chi connectivity index (χ0n) is 16.5. The van der Waals surface area contributed by atoms with Gasteiger partial charge in [0.15, 0.2) is 0 Å². The number of sulfonamides is 1. The summed E-state index contributed by atoms with van der Waals surface area (Å²) in [6, 6.07) is 5.12. The molecule has 2 N–H and O–H groups in total. The van der Waals surface area contributed by atoms with E-state index in [0.29, 0.717) is 17.8 Å². The highest BCUT2D eigenvalue weighted by molar-refractivity contribution is 7.89. The third kappa shape index (κ3) is 5.59. The number of carbonyl (C=O) groups is 1. The highest BCUT2D eigenvalue weighted by Crippen LogP contribution is 2.33. The van der Waals surface area contributed by atoms with Gasteiger partial charge in [0.05, 0.1) is 5.69 Å². The molecular weight excluding hydrogens is 386 g/mol. The van der Waals surface area contributed by atoms with Gasteiger partial charge >= 0.3 is 0 Å². The second kappa shape index (κ2) is 9.26. The summed E-state index contributed by atoms with van der Waals surface area (Å²) in [5, 5.41) is 1.98. The molecule has 0 aliphatic carbocycles. The van der Waals surface area contributed by atoms with Crippen LogP contribution in [0.25, 0.3) is 0 Å². The zero-order chi connectivity index (χ0) is 20.2. The van der Waals surface area contributed by atoms with E-state index in [4.69, 9.17) is 11.6 Å². The molecule has 1 aliphatic rings. The van der Waals surface area contributed by atoms with Crippen LogP contribution in [0.5, 0.6) is 0 Å². The highest BCUT2D eigenvalue weighted by atomic mass is 35.5. The second-order valence-corrected chi connectivity index (χ2v) is 9.59. The molecule has 8 heteroatoms. The Kier molecular flexibility index (Phi) is 7.54. The third-order valence-corrected chi connectivity index (χ3v) is 6.78. The standard InChI is InChI=1S/C19H30ClN3O3S/c1-5-13(2)22-27(25,26)18-12-16(21-19(24)15(4)20)9-10-17(18)23-11-7-6-8-14(23)3/h9-10,12-15,22H,5-8,11H2,1-4H3,(H,21,24)/t13-,14+,15-/m0/s1. The summed E-state index contributed by atoms with van der Waals surface area (Å²) in [5.74, 6) is -0.367. The Hall–Kier alpha value is -1.31. The van der Waals surface area contributed by atoms with Gasteiger partial charge in [0.1, 0.15) is 10.3 Å². The van der Waals surface area contributed by atoms with Crippen LogP contribution < -0.4 is 14.9 Å². The number of hydrogen-bond donors (Lipinski definition) is 2. The first kappa shape index (κ1) is 22.0. The average Bonchev–Trinajstić information content (AvgIpc) is 2.61. The molecule has 1 heterocycles. The number of benzene rings is 1. The molecule has 0 radical (unpaired) electrons. The van der Waals surface area contributed by atoms with E-state index in [1.165, 1.54) is 6.07 Å². The van der Waals surface area contributed by atoms with Crippen LogP contribution in [0.3, 0.4) is 0 Å². The van der Waals surface area contributed by atoms with Gasteiger partial charge in [-0.3, -0.25) is 4.79 Å². The first-order valence-electron chi connectivity index (χ1n) is 9.53. The maximum absolute atomic E-state index is 13.1. The van der Waals surface area contributed by atoms with Crippen LogP contribution in [-0.2, 0) is 14.8 Å². The summed E-state index contributed by atoms with van der Waals surface area (Å²) in [7, 11) is -3.73. The van der Waals surface area contributed by atoms with E-state index in [2.05, 4.69) is 21.9 Å². The van der Waals surface area contributed by atoms with Crippen molar-refractivity contribution in [1.29, 1.82) is 0 Å². The molecule has 1 amide bonds. The van der Waals surface area contributed by atoms with Crippen LogP contribution in [-0.4, -0.2) is 38.3 Å². The van der Waals surface area contributed by atoms with Gasteiger partial charge in [0, 0.05) is 24.3 Å². The van der Waals surface area contributed by atoms with Gasteiger partial charge in [0.2, 0.25) is 15.9 Å². The quantitative estimate of drug-likeness (QED) is 0.665. The molecule has 1 aromatic carbocycles. The molecule has 152 valence electrons. The maximum Gasteiger partial charge on any atom is 0.242 e. The zero-order valence-corrected chi connectivity index (χ0v) is 18.0. The van der Waals surface area contributed by atoms with E-state index in [1.807, 2.05) is 13.8 Å². The lowest BCUT2D eigenvalue weighted by molar-refractivity contribution is -0.115. The van der Waals surface area contributed by atoms with Crippen LogP contribution >= 0.6 is 11.6 Å². The number of halogens is 1. The molecule has 1 aromatic rings. The first-order valence-corrected chi connectivity index (χ1v) is 11.5. The van der Waals surface area contributed by atoms with Gasteiger partial charge in [0.25, 0.3) is 0 Å². The van der Waals surface area contributed by atoms with Gasteiger partial charge in [-0.05, 0) is 64.7 Å². The van der Waals surface area contributed by atoms with Crippen molar-refractivity contribution in [3.63, 3.8) is 0 Å². The summed E-state index contributed by atoms with van der Waals surface area (Å²) >= 11 is 5.82. The summed E-state index contributed by atoms with van der Waals surface area (Å²) in [5.41, 5.74) is 1.10. The van der Waals surface area contributed by atoms with Crippen LogP contribution in [0, 0.1) is 0 Å². The molecular formula is C19H30ClN3O3S. The van der Waals surface area contributed by atoms with Crippen LogP contribution in [0.4, 0.5) is 11.4 Å². The Balaban J connectivity index is 2.47. The minimum absolute atomic E-state index is 0.178. The minimum Gasteiger partial charge on any atom is -0.368 e. The number of rotatable bonds is 7. The third-order valence-electron chi connectivity index (χ3n) is 4.96. The van der Waals surface area contributed by atoms with Crippen molar-refractivity contribution in [3.05, 3.63) is 18.2 Å². The average molecular weight is 416 g/mol. The van der Waals surface area contributed by atoms with E-state index in [0.717, 1.165) is 25.8 Å². The Bertz CT molecular complexity index is 767. The molecule has 2 rings (SSSR count). The van der Waals surface area contributed by atoms with Crippen molar-refractivity contribution in [2.45, 2.75) is 75.7 Å². The number of amides is 1. The lowest BCUT2D eigenvalue weighted by atomic mass is 10.0. The minimum atomic E-state index is -3.73. The number of hydrogen-bond acceptors (Lipinski definition) is 4. The van der Waals surface area contributed by atoms with Crippen molar-refractivity contribution < 1.29 is 13.2 Å². The van der Waals surface area contributed by atoms with Crippen LogP contribution in [0.15, 0.2) is 23.1 Å². The van der Waals surface area contributed by atoms with E-state index in [9.17, 15) is 13.2 Å². The van der Waals surface area contributed by atoms with Gasteiger partial charge < -0.3 is 10.2 Å². The Morgan fingerprint density at radius 1 is 1.33 bits per heavy atom. The molecule has 0 aromatic heterocycles. The van der Waals surface area contributed by atoms with Crippen molar-refractivity contribution in [2.24, 2.45) is 0 Å². The topological polar surface area (TPSA) is 78.5 Å². The van der Waals surface area contributed by atoms with Crippen molar-refractivity contribution >= 4 is 38.9 Å². The predicted molar refractivity (Wildman–Crippen MR) is 111 cm³/mol. The largest absolute Gasteiger partial charge is 0.368 e. The van der Waals surface area contributed by atoms with Gasteiger partial charge in [-0.2, -0.15) is 0 Å². The highest BCUT2D eigenvalue weighted by Gasteiger charge is 2.27. The summed E-state index contributed by atoms with van der Waals surface area (Å²) < 4.78 is 28.9. The van der Waals surface area contributed by atoms with E-state index in [-0.39, 0.29) is 22.9 Å². The molecule has 0 unspecified atom stereocenters. The van der Waals surface area contributed by atoms with E-state index in [1.54, 1.807) is 19.1 Å². The fraction of sp³-hybridized carbons (Fsp3) is 0.632. The van der Waals surface area contributed by atoms with Crippen LogP contribution in [0.1, 0.15) is 53.4 Å². The molecule has 0 bridgehead atoms. The van der Waals surface area contributed by atoms with E-state index >= 15 is 0 Å². The summed E-state index contributed by atoms with van der Waals surface area (Å²) in [6.45, 7) is 8.27. The SMILES string of the molecule is CC[C@H](C)NS(=O)(=O)c1cc(NC(=O)[C@H](C)Cl)ccc1N1CCCC[C@H]1C. The lowest BCUT2D eigenvalue weighted by Crippen LogP contribution is -2.39. The van der Waals surface area contributed by atoms with Gasteiger partial charge in [-0.15, -0.1) is 11.6 Å². The molecule has 0 saturated carbocycles. The van der Waals surface area contributed by atoms with Gasteiger partial charge in [-0.1, -0.05) is 6.92 Å². The normalized spacial score (nSPS) is 20.2. The second-order valence-electron chi connectivity index (χ2n) is 7.26. The molecule has 1 aliphatic heterocycles. The Morgan fingerprint density at radius 2 is 2.04 bits per heavy atom.